The van der Waals surface area contributed by atoms with Crippen molar-refractivity contribution in [2.45, 2.75) is 32.7 Å². The van der Waals surface area contributed by atoms with Gasteiger partial charge in [-0.2, -0.15) is 0 Å². The van der Waals surface area contributed by atoms with Crippen LogP contribution in [0.3, 0.4) is 0 Å². The molecule has 0 saturated heterocycles. The van der Waals surface area contributed by atoms with Crippen LogP contribution in [-0.4, -0.2) is 26.9 Å². The third-order valence-corrected chi connectivity index (χ3v) is 4.58. The largest absolute Gasteiger partial charge is 0.398 e. The fraction of sp³-hybridized carbons (Fsp3) is 0.400. The minimum absolute atomic E-state index is 0.0431. The number of fused-ring (bicyclic) bond motifs is 1. The number of carbonyl (C=O) groups is 1. The smallest absolute Gasteiger partial charge is 0.267 e. The summed E-state index contributed by atoms with van der Waals surface area (Å²) in [6.45, 7) is 3.39. The van der Waals surface area contributed by atoms with E-state index in [2.05, 4.69) is 16.5 Å². The molecule has 5 nitrogen and oxygen atoms in total. The summed E-state index contributed by atoms with van der Waals surface area (Å²) in [5.74, 6) is 0.0431. The molecule has 1 aliphatic heterocycles. The molecule has 0 bridgehead atoms. The molecule has 3 rings (SSSR count). The molecule has 2 aromatic rings. The van der Waals surface area contributed by atoms with E-state index in [0.717, 1.165) is 36.2 Å². The lowest BCUT2D eigenvalue weighted by Crippen LogP contribution is -2.36. The molecule has 1 amide bonds. The highest BCUT2D eigenvalue weighted by Crippen LogP contribution is 2.26. The Morgan fingerprint density at radius 1 is 1.48 bits per heavy atom. The summed E-state index contributed by atoms with van der Waals surface area (Å²) >= 11 is 1.20. The summed E-state index contributed by atoms with van der Waals surface area (Å²) in [5.41, 5.74) is 9.97. The van der Waals surface area contributed by atoms with Gasteiger partial charge in [0.1, 0.15) is 4.88 Å². The van der Waals surface area contributed by atoms with Gasteiger partial charge in [0.05, 0.1) is 5.69 Å². The van der Waals surface area contributed by atoms with Crippen molar-refractivity contribution < 1.29 is 4.79 Å². The molecule has 21 heavy (non-hydrogen) atoms. The molecule has 0 fully saturated rings. The maximum Gasteiger partial charge on any atom is 0.267 e. The van der Waals surface area contributed by atoms with Crippen LogP contribution < -0.4 is 5.73 Å². The Morgan fingerprint density at radius 2 is 2.33 bits per heavy atom. The van der Waals surface area contributed by atoms with Gasteiger partial charge in [0, 0.05) is 18.8 Å². The third kappa shape index (κ3) is 2.63. The number of nitrogens with two attached hydrogens (primary N) is 1. The minimum atomic E-state index is 0.0431. The Kier molecular flexibility index (Phi) is 3.88. The molecule has 2 N–H and O–H groups in total. The second kappa shape index (κ2) is 5.81. The molecule has 0 unspecified atom stereocenters. The Labute approximate surface area is 127 Å². The normalized spacial score (nSPS) is 14.0. The predicted molar refractivity (Wildman–Crippen MR) is 83.2 cm³/mol. The number of aromatic nitrogens is 2. The van der Waals surface area contributed by atoms with E-state index in [-0.39, 0.29) is 5.91 Å². The van der Waals surface area contributed by atoms with Crippen LogP contribution in [-0.2, 0) is 19.4 Å². The van der Waals surface area contributed by atoms with Crippen molar-refractivity contribution in [3.05, 3.63) is 39.9 Å². The molecule has 0 saturated carbocycles. The van der Waals surface area contributed by atoms with Crippen molar-refractivity contribution in [2.75, 3.05) is 12.3 Å². The first kappa shape index (κ1) is 14.0. The lowest BCUT2D eigenvalue weighted by Gasteiger charge is -2.29. The first-order chi connectivity index (χ1) is 10.2. The Hall–Kier alpha value is -1.95. The predicted octanol–water partition coefficient (Wildman–Crippen LogP) is 2.27. The molecule has 0 atom stereocenters. The van der Waals surface area contributed by atoms with Gasteiger partial charge in [-0.25, -0.2) is 0 Å². The summed E-state index contributed by atoms with van der Waals surface area (Å²) in [5, 5.41) is 4.08. The summed E-state index contributed by atoms with van der Waals surface area (Å²) in [7, 11) is 0. The van der Waals surface area contributed by atoms with Crippen molar-refractivity contribution >= 4 is 23.1 Å². The van der Waals surface area contributed by atoms with Crippen molar-refractivity contribution in [1.82, 2.24) is 14.5 Å². The fourth-order valence-electron chi connectivity index (χ4n) is 2.73. The zero-order valence-corrected chi connectivity index (χ0v) is 12.8. The highest BCUT2D eigenvalue weighted by atomic mass is 32.1. The van der Waals surface area contributed by atoms with E-state index in [4.69, 9.17) is 5.73 Å². The number of benzene rings is 1. The quantitative estimate of drug-likeness (QED) is 0.883. The lowest BCUT2D eigenvalue weighted by atomic mass is 9.98. The van der Waals surface area contributed by atoms with Gasteiger partial charge < -0.3 is 10.6 Å². The second-order valence-corrected chi connectivity index (χ2v) is 6.01. The first-order valence-corrected chi connectivity index (χ1v) is 7.94. The number of aryl methyl sites for hydroxylation is 1. The van der Waals surface area contributed by atoms with E-state index < -0.39 is 0 Å². The van der Waals surface area contributed by atoms with Crippen LogP contribution in [0.4, 0.5) is 5.69 Å². The van der Waals surface area contributed by atoms with Crippen molar-refractivity contribution in [1.29, 1.82) is 0 Å². The average molecular weight is 302 g/mol. The van der Waals surface area contributed by atoms with Crippen LogP contribution in [0.2, 0.25) is 0 Å². The Morgan fingerprint density at radius 3 is 3.14 bits per heavy atom. The number of anilines is 1. The minimum Gasteiger partial charge on any atom is -0.398 e. The van der Waals surface area contributed by atoms with Gasteiger partial charge in [-0.3, -0.25) is 4.79 Å². The number of nitrogens with zero attached hydrogens (tertiary/aromatic N) is 3. The lowest BCUT2D eigenvalue weighted by molar-refractivity contribution is 0.0738. The molecule has 0 spiro atoms. The Bertz CT molecular complexity index is 667. The maximum absolute atomic E-state index is 12.7. The monoisotopic (exact) mass is 302 g/mol. The summed E-state index contributed by atoms with van der Waals surface area (Å²) in [6.07, 6.45) is 2.57. The van der Waals surface area contributed by atoms with Crippen LogP contribution in [0.25, 0.3) is 0 Å². The number of amides is 1. The number of hydrogen-bond donors (Lipinski definition) is 1. The van der Waals surface area contributed by atoms with Crippen molar-refractivity contribution in [2.24, 2.45) is 0 Å². The van der Waals surface area contributed by atoms with Crippen molar-refractivity contribution in [3.63, 3.8) is 0 Å². The van der Waals surface area contributed by atoms with Gasteiger partial charge >= 0.3 is 0 Å². The van der Waals surface area contributed by atoms with Crippen LogP contribution in [0.15, 0.2) is 18.2 Å². The molecule has 1 aromatic heterocycles. The molecular formula is C15H18N4OS. The van der Waals surface area contributed by atoms with Crippen LogP contribution >= 0.6 is 11.5 Å². The van der Waals surface area contributed by atoms with E-state index in [1.165, 1.54) is 17.1 Å². The summed E-state index contributed by atoms with van der Waals surface area (Å²) in [6, 6.07) is 5.91. The van der Waals surface area contributed by atoms with E-state index in [9.17, 15) is 4.79 Å². The number of carbonyl (C=O) groups excluding carboxylic acids is 1. The van der Waals surface area contributed by atoms with Crippen LogP contribution in [0, 0.1) is 0 Å². The molecule has 1 aromatic carbocycles. The number of hydrogen-bond acceptors (Lipinski definition) is 5. The van der Waals surface area contributed by atoms with Gasteiger partial charge in [0.2, 0.25) is 0 Å². The van der Waals surface area contributed by atoms with Gasteiger partial charge in [0.15, 0.2) is 0 Å². The highest BCUT2D eigenvalue weighted by Gasteiger charge is 2.26. The first-order valence-electron chi connectivity index (χ1n) is 7.17. The van der Waals surface area contributed by atoms with E-state index in [1.54, 1.807) is 0 Å². The van der Waals surface area contributed by atoms with Gasteiger partial charge in [-0.1, -0.05) is 30.0 Å². The highest BCUT2D eigenvalue weighted by molar-refractivity contribution is 7.08. The molecule has 2 heterocycles. The Balaban J connectivity index is 1.82. The topological polar surface area (TPSA) is 72.1 Å². The van der Waals surface area contributed by atoms with Crippen molar-refractivity contribution in [3.8, 4) is 0 Å². The van der Waals surface area contributed by atoms with Gasteiger partial charge in [-0.05, 0) is 41.6 Å². The third-order valence-electron chi connectivity index (χ3n) is 3.83. The second-order valence-electron chi connectivity index (χ2n) is 5.26. The molecule has 6 heteroatoms. The average Bonchev–Trinajstić information content (AvgIpc) is 2.95. The van der Waals surface area contributed by atoms with Gasteiger partial charge in [0.25, 0.3) is 5.91 Å². The van der Waals surface area contributed by atoms with E-state index in [1.807, 2.05) is 23.1 Å². The number of rotatable bonds is 3. The maximum atomic E-state index is 12.7. The fourth-order valence-corrected chi connectivity index (χ4v) is 3.40. The zero-order chi connectivity index (χ0) is 14.8. The SMILES string of the molecule is CCCc1nnsc1C(=O)N1CCc2c(N)cccc2C1. The zero-order valence-electron chi connectivity index (χ0n) is 12.0. The molecular weight excluding hydrogens is 284 g/mol. The van der Waals surface area contributed by atoms with Gasteiger partial charge in [-0.15, -0.1) is 5.10 Å². The molecule has 1 aliphatic rings. The van der Waals surface area contributed by atoms with E-state index >= 15 is 0 Å². The standard InChI is InChI=1S/C15H18N4OS/c1-2-4-13-14(21-18-17-13)15(20)19-8-7-11-10(9-19)5-3-6-12(11)16/h3,5-6H,2,4,7-9,16H2,1H3. The summed E-state index contributed by atoms with van der Waals surface area (Å²) < 4.78 is 3.94. The molecule has 110 valence electrons. The molecule has 0 aliphatic carbocycles. The summed E-state index contributed by atoms with van der Waals surface area (Å²) in [4.78, 5) is 15.2. The number of nitrogen functional groups attached to an aromatic ring is 1. The van der Waals surface area contributed by atoms with Crippen LogP contribution in [0.5, 0.6) is 0 Å². The molecule has 0 radical (unpaired) electrons. The van der Waals surface area contributed by atoms with E-state index in [0.29, 0.717) is 18.0 Å². The van der Waals surface area contributed by atoms with Crippen LogP contribution in [0.1, 0.15) is 39.8 Å².